The van der Waals surface area contributed by atoms with Gasteiger partial charge in [0.25, 0.3) is 10.0 Å². The lowest BCUT2D eigenvalue weighted by Gasteiger charge is -2.44. The summed E-state index contributed by atoms with van der Waals surface area (Å²) in [5.74, 6) is 0.946. The molecule has 2 aliphatic rings. The van der Waals surface area contributed by atoms with Gasteiger partial charge in [-0.15, -0.1) is 0 Å². The highest BCUT2D eigenvalue weighted by atomic mass is 32.2. The fraction of sp³-hybridized carbons (Fsp3) is 0.538. The second-order valence-electron chi connectivity index (χ2n) is 9.69. The molecular formula is C26H35NO5S. The van der Waals surface area contributed by atoms with Crippen LogP contribution in [-0.4, -0.2) is 38.9 Å². The van der Waals surface area contributed by atoms with Crippen LogP contribution in [0.4, 0.5) is 5.69 Å². The Morgan fingerprint density at radius 1 is 1.15 bits per heavy atom. The fourth-order valence-electron chi connectivity index (χ4n) is 4.79. The molecule has 2 aromatic carbocycles. The topological polar surface area (TPSA) is 76.1 Å². The van der Waals surface area contributed by atoms with Gasteiger partial charge in [0.15, 0.2) is 0 Å². The van der Waals surface area contributed by atoms with Crippen molar-refractivity contribution in [3.05, 3.63) is 53.1 Å². The van der Waals surface area contributed by atoms with Crippen molar-refractivity contribution in [3.63, 3.8) is 0 Å². The lowest BCUT2D eigenvalue weighted by molar-refractivity contribution is 0.0494. The van der Waals surface area contributed by atoms with Crippen molar-refractivity contribution in [3.8, 4) is 5.75 Å². The lowest BCUT2D eigenvalue weighted by Crippen LogP contribution is -2.50. The molecule has 180 valence electrons. The number of sulfonamides is 1. The molecule has 0 aliphatic carbocycles. The first-order valence-corrected chi connectivity index (χ1v) is 13.3. The van der Waals surface area contributed by atoms with Crippen molar-refractivity contribution in [2.24, 2.45) is 5.92 Å². The zero-order valence-corrected chi connectivity index (χ0v) is 20.7. The maximum Gasteiger partial charge on any atom is 0.264 e. The summed E-state index contributed by atoms with van der Waals surface area (Å²) in [5.41, 5.74) is 2.95. The minimum Gasteiger partial charge on any atom is -0.493 e. The number of nitrogens with zero attached hydrogens (tertiary/aromatic N) is 1. The van der Waals surface area contributed by atoms with Gasteiger partial charge in [0.1, 0.15) is 5.75 Å². The van der Waals surface area contributed by atoms with E-state index in [-0.39, 0.29) is 11.5 Å². The molecule has 1 fully saturated rings. The van der Waals surface area contributed by atoms with Crippen LogP contribution in [0.1, 0.15) is 56.7 Å². The van der Waals surface area contributed by atoms with Crippen LogP contribution in [0.5, 0.6) is 5.75 Å². The monoisotopic (exact) mass is 473 g/mol. The predicted molar refractivity (Wildman–Crippen MR) is 129 cm³/mol. The predicted octanol–water partition coefficient (Wildman–Crippen LogP) is 4.47. The summed E-state index contributed by atoms with van der Waals surface area (Å²) in [6.45, 7) is 7.78. The number of aliphatic hydroxyl groups is 1. The van der Waals surface area contributed by atoms with Crippen LogP contribution in [0.2, 0.25) is 0 Å². The van der Waals surface area contributed by atoms with Crippen LogP contribution in [0.15, 0.2) is 41.3 Å². The van der Waals surface area contributed by atoms with Crippen molar-refractivity contribution in [2.45, 2.75) is 69.9 Å². The van der Waals surface area contributed by atoms with Crippen molar-refractivity contribution >= 4 is 15.7 Å². The Morgan fingerprint density at radius 2 is 1.91 bits per heavy atom. The van der Waals surface area contributed by atoms with E-state index < -0.39 is 15.6 Å². The molecular weight excluding hydrogens is 438 g/mol. The van der Waals surface area contributed by atoms with E-state index in [1.165, 1.54) is 5.56 Å². The quantitative estimate of drug-likeness (QED) is 0.642. The van der Waals surface area contributed by atoms with Gasteiger partial charge >= 0.3 is 0 Å². The van der Waals surface area contributed by atoms with Crippen LogP contribution in [0.3, 0.4) is 0 Å². The smallest absolute Gasteiger partial charge is 0.264 e. The second kappa shape index (κ2) is 9.65. The fourth-order valence-corrected chi connectivity index (χ4v) is 6.71. The summed E-state index contributed by atoms with van der Waals surface area (Å²) in [6, 6.07) is 10.9. The van der Waals surface area contributed by atoms with E-state index in [2.05, 4.69) is 13.0 Å². The van der Waals surface area contributed by atoms with Gasteiger partial charge in [0.2, 0.25) is 0 Å². The first-order chi connectivity index (χ1) is 15.8. The highest BCUT2D eigenvalue weighted by Crippen LogP contribution is 2.41. The Morgan fingerprint density at radius 3 is 2.61 bits per heavy atom. The summed E-state index contributed by atoms with van der Waals surface area (Å²) in [5, 5.41) is 9.97. The minimum atomic E-state index is -3.84. The molecule has 0 spiro atoms. The maximum atomic E-state index is 13.9. The Hall–Kier alpha value is -2.09. The molecule has 2 aliphatic heterocycles. The number of aliphatic hydroxyl groups excluding tert-OH is 1. The van der Waals surface area contributed by atoms with E-state index in [0.29, 0.717) is 23.8 Å². The average molecular weight is 474 g/mol. The second-order valence-corrected chi connectivity index (χ2v) is 11.5. The molecule has 2 aromatic rings. The zero-order chi connectivity index (χ0) is 23.6. The number of fused-ring (bicyclic) bond motifs is 1. The Bertz CT molecular complexity index is 1090. The molecule has 33 heavy (non-hydrogen) atoms. The van der Waals surface area contributed by atoms with E-state index in [0.717, 1.165) is 56.6 Å². The summed E-state index contributed by atoms with van der Waals surface area (Å²) >= 11 is 0. The normalized spacial score (nSPS) is 18.7. The third-order valence-corrected chi connectivity index (χ3v) is 8.90. The summed E-state index contributed by atoms with van der Waals surface area (Å²) in [7, 11) is -3.84. The van der Waals surface area contributed by atoms with Gasteiger partial charge < -0.3 is 14.6 Å². The van der Waals surface area contributed by atoms with Gasteiger partial charge in [-0.05, 0) is 87.3 Å². The Balaban J connectivity index is 1.65. The number of hydrogen-bond acceptors (Lipinski definition) is 5. The summed E-state index contributed by atoms with van der Waals surface area (Å²) < 4.78 is 40.7. The molecule has 0 aromatic heterocycles. The van der Waals surface area contributed by atoms with Crippen LogP contribution in [0, 0.1) is 5.92 Å². The van der Waals surface area contributed by atoms with Crippen molar-refractivity contribution in [1.82, 2.24) is 0 Å². The van der Waals surface area contributed by atoms with E-state index in [1.807, 2.05) is 26.0 Å². The highest BCUT2D eigenvalue weighted by Gasteiger charge is 2.41. The third-order valence-electron chi connectivity index (χ3n) is 6.88. The molecule has 0 saturated carbocycles. The largest absolute Gasteiger partial charge is 0.493 e. The number of benzene rings is 2. The van der Waals surface area contributed by atoms with E-state index in [9.17, 15) is 13.5 Å². The lowest BCUT2D eigenvalue weighted by atomic mass is 9.88. The van der Waals surface area contributed by atoms with Gasteiger partial charge in [-0.3, -0.25) is 4.31 Å². The van der Waals surface area contributed by atoms with Crippen LogP contribution in [0.25, 0.3) is 0 Å². The Labute approximate surface area is 197 Å². The van der Waals surface area contributed by atoms with Crippen LogP contribution in [-0.2, 0) is 34.2 Å². The average Bonchev–Trinajstić information content (AvgIpc) is 2.82. The molecule has 6 nitrogen and oxygen atoms in total. The van der Waals surface area contributed by atoms with Gasteiger partial charge in [-0.2, -0.15) is 0 Å². The molecule has 0 bridgehead atoms. The number of ether oxygens (including phenoxy) is 2. The molecule has 2 heterocycles. The third kappa shape index (κ3) is 4.91. The van der Waals surface area contributed by atoms with E-state index in [1.54, 1.807) is 22.5 Å². The van der Waals surface area contributed by atoms with Crippen molar-refractivity contribution in [2.75, 3.05) is 24.1 Å². The zero-order valence-electron chi connectivity index (χ0n) is 19.8. The molecule has 1 N–H and O–H groups in total. The number of anilines is 1. The summed E-state index contributed by atoms with van der Waals surface area (Å²) in [6.07, 6.45) is 4.40. The first-order valence-electron chi connectivity index (χ1n) is 11.9. The van der Waals surface area contributed by atoms with Crippen LogP contribution >= 0.6 is 0 Å². The molecule has 4 rings (SSSR count). The number of rotatable bonds is 7. The Kier molecular flexibility index (Phi) is 7.03. The van der Waals surface area contributed by atoms with Gasteiger partial charge in [0.05, 0.1) is 29.3 Å². The molecule has 1 saturated heterocycles. The standard InChI is InChI=1S/C26H35NO5S/c1-4-19-5-7-24-21(15-19)9-12-26(2,3)27(24)33(29,30)23-6-8-25(22(16-23)17-28)32-18-20-10-13-31-14-11-20/h5-8,15-16,20,28H,4,9-14,17-18H2,1-3H3. The molecule has 7 heteroatoms. The van der Waals surface area contributed by atoms with E-state index in [4.69, 9.17) is 9.47 Å². The van der Waals surface area contributed by atoms with Crippen molar-refractivity contribution < 1.29 is 23.0 Å². The van der Waals surface area contributed by atoms with Gasteiger partial charge in [-0.25, -0.2) is 8.42 Å². The van der Waals surface area contributed by atoms with Crippen LogP contribution < -0.4 is 9.04 Å². The van der Waals surface area contributed by atoms with Crippen molar-refractivity contribution in [1.29, 1.82) is 0 Å². The minimum absolute atomic E-state index is 0.172. The molecule has 0 amide bonds. The number of hydrogen-bond donors (Lipinski definition) is 1. The molecule has 0 unspecified atom stereocenters. The first kappa shape index (κ1) is 24.0. The SMILES string of the molecule is CCc1ccc2c(c1)CCC(C)(C)N2S(=O)(=O)c1ccc(OCC2CCOCC2)c(CO)c1. The molecule has 0 radical (unpaired) electrons. The highest BCUT2D eigenvalue weighted by molar-refractivity contribution is 7.93. The van der Waals surface area contributed by atoms with Gasteiger partial charge in [0, 0.05) is 18.8 Å². The number of aryl methyl sites for hydroxylation is 2. The maximum absolute atomic E-state index is 13.9. The molecule has 0 atom stereocenters. The van der Waals surface area contributed by atoms with Gasteiger partial charge in [-0.1, -0.05) is 19.1 Å². The summed E-state index contributed by atoms with van der Waals surface area (Å²) in [4.78, 5) is 0.172. The van der Waals surface area contributed by atoms with E-state index >= 15 is 0 Å².